The maximum absolute atomic E-state index is 5.82. The molecule has 2 atom stereocenters. The molecule has 2 nitrogen and oxygen atoms in total. The van der Waals surface area contributed by atoms with Crippen LogP contribution < -0.4 is 11.1 Å². The predicted octanol–water partition coefficient (Wildman–Crippen LogP) is 4.12. The number of hydrogen-bond acceptors (Lipinski definition) is 2. The molecule has 23 heavy (non-hydrogen) atoms. The summed E-state index contributed by atoms with van der Waals surface area (Å²) in [6.07, 6.45) is 4.73. The average molecular weight is 306 g/mol. The van der Waals surface area contributed by atoms with Gasteiger partial charge in [0.05, 0.1) is 0 Å². The molecule has 3 rings (SSSR count). The lowest BCUT2D eigenvalue weighted by Gasteiger charge is -2.10. The van der Waals surface area contributed by atoms with Gasteiger partial charge in [-0.2, -0.15) is 0 Å². The van der Waals surface area contributed by atoms with Gasteiger partial charge in [-0.25, -0.2) is 0 Å². The van der Waals surface area contributed by atoms with Crippen LogP contribution in [0, 0.1) is 5.92 Å². The fourth-order valence-electron chi connectivity index (χ4n) is 3.24. The lowest BCUT2D eigenvalue weighted by Crippen LogP contribution is -2.19. The Hall–Kier alpha value is -1.90. The van der Waals surface area contributed by atoms with Crippen molar-refractivity contribution < 1.29 is 0 Å². The van der Waals surface area contributed by atoms with E-state index in [1.807, 2.05) is 0 Å². The van der Waals surface area contributed by atoms with E-state index >= 15 is 0 Å². The summed E-state index contributed by atoms with van der Waals surface area (Å²) in [6.45, 7) is 3.78. The van der Waals surface area contributed by atoms with Crippen molar-refractivity contribution in [2.75, 3.05) is 0 Å². The van der Waals surface area contributed by atoms with E-state index in [-0.39, 0.29) is 0 Å². The summed E-state index contributed by atoms with van der Waals surface area (Å²) in [5, 5.41) is 3.70. The molecule has 1 aliphatic rings. The predicted molar refractivity (Wildman–Crippen MR) is 97.8 cm³/mol. The van der Waals surface area contributed by atoms with Gasteiger partial charge in [-0.1, -0.05) is 73.2 Å². The molecule has 0 heterocycles. The van der Waals surface area contributed by atoms with E-state index < -0.39 is 0 Å². The highest BCUT2D eigenvalue weighted by molar-refractivity contribution is 5.54. The van der Waals surface area contributed by atoms with Gasteiger partial charge in [0.25, 0.3) is 0 Å². The molecule has 3 N–H and O–H groups in total. The monoisotopic (exact) mass is 306 g/mol. The maximum Gasteiger partial charge on any atom is 0.0211 e. The molecule has 2 heteroatoms. The number of hydrogen-bond donors (Lipinski definition) is 2. The minimum atomic E-state index is 0.607. The summed E-state index contributed by atoms with van der Waals surface area (Å²) in [5.74, 6) is 0.685. The lowest BCUT2D eigenvalue weighted by molar-refractivity contribution is 0.651. The molecule has 0 spiro atoms. The molecule has 2 aromatic rings. The molecule has 1 fully saturated rings. The zero-order valence-electron chi connectivity index (χ0n) is 13.8. The third-order valence-corrected chi connectivity index (χ3v) is 4.72. The Labute approximate surface area is 139 Å². The Morgan fingerprint density at radius 3 is 2.48 bits per heavy atom. The average Bonchev–Trinajstić information content (AvgIpc) is 3.38. The molecule has 2 unspecified atom stereocenters. The van der Waals surface area contributed by atoms with Gasteiger partial charge in [0.15, 0.2) is 0 Å². The van der Waals surface area contributed by atoms with Crippen LogP contribution in [-0.4, -0.2) is 6.04 Å². The van der Waals surface area contributed by atoms with Crippen LogP contribution in [0.25, 0.3) is 6.08 Å². The fourth-order valence-corrected chi connectivity index (χ4v) is 3.24. The Balaban J connectivity index is 1.59. The number of benzene rings is 2. The van der Waals surface area contributed by atoms with Gasteiger partial charge in [-0.05, 0) is 35.4 Å². The number of nitrogens with one attached hydrogen (secondary N) is 1. The minimum absolute atomic E-state index is 0.607. The highest BCUT2D eigenvalue weighted by Gasteiger charge is 2.38. The van der Waals surface area contributed by atoms with Crippen LogP contribution >= 0.6 is 0 Å². The van der Waals surface area contributed by atoms with Gasteiger partial charge in [0.2, 0.25) is 0 Å². The van der Waals surface area contributed by atoms with Crippen LogP contribution in [0.3, 0.4) is 0 Å². The molecule has 120 valence electrons. The van der Waals surface area contributed by atoms with E-state index in [2.05, 4.69) is 72.9 Å². The highest BCUT2D eigenvalue weighted by Crippen LogP contribution is 2.39. The van der Waals surface area contributed by atoms with Crippen LogP contribution in [0.5, 0.6) is 0 Å². The first kappa shape index (κ1) is 16.0. The molecule has 0 bridgehead atoms. The molecule has 1 aliphatic carbocycles. The van der Waals surface area contributed by atoms with Crippen molar-refractivity contribution in [3.63, 3.8) is 0 Å². The van der Waals surface area contributed by atoms with Crippen LogP contribution in [0.1, 0.15) is 36.5 Å². The first-order chi connectivity index (χ1) is 11.3. The SMILES string of the molecule is CC/C(=C\c1ccccc1)C1CC1NCc1ccccc1CN. The quantitative estimate of drug-likeness (QED) is 0.807. The summed E-state index contributed by atoms with van der Waals surface area (Å²) in [7, 11) is 0. The summed E-state index contributed by atoms with van der Waals surface area (Å²) in [6, 6.07) is 19.7. The molecular formula is C21H26N2. The van der Waals surface area contributed by atoms with E-state index in [1.54, 1.807) is 5.57 Å². The van der Waals surface area contributed by atoms with Crippen molar-refractivity contribution >= 4 is 6.08 Å². The maximum atomic E-state index is 5.82. The summed E-state index contributed by atoms with van der Waals surface area (Å²) in [5.41, 5.74) is 11.3. The Morgan fingerprint density at radius 1 is 1.09 bits per heavy atom. The second kappa shape index (κ2) is 7.58. The van der Waals surface area contributed by atoms with Gasteiger partial charge < -0.3 is 11.1 Å². The molecule has 0 aromatic heterocycles. The summed E-state index contributed by atoms with van der Waals surface area (Å²) < 4.78 is 0. The normalized spacial score (nSPS) is 20.5. The molecule has 0 amide bonds. The van der Waals surface area contributed by atoms with Crippen molar-refractivity contribution in [3.05, 3.63) is 76.9 Å². The lowest BCUT2D eigenvalue weighted by atomic mass is 10.0. The smallest absolute Gasteiger partial charge is 0.0211 e. The van der Waals surface area contributed by atoms with Crippen LogP contribution in [0.15, 0.2) is 60.2 Å². The van der Waals surface area contributed by atoms with E-state index in [0.717, 1.165) is 13.0 Å². The van der Waals surface area contributed by atoms with Crippen LogP contribution in [0.4, 0.5) is 0 Å². The van der Waals surface area contributed by atoms with Gasteiger partial charge in [-0.15, -0.1) is 0 Å². The molecule has 2 aromatic carbocycles. The van der Waals surface area contributed by atoms with E-state index in [9.17, 15) is 0 Å². The number of rotatable bonds is 7. The third-order valence-electron chi connectivity index (χ3n) is 4.72. The molecule has 0 aliphatic heterocycles. The van der Waals surface area contributed by atoms with Gasteiger partial charge in [-0.3, -0.25) is 0 Å². The largest absolute Gasteiger partial charge is 0.326 e. The Kier molecular flexibility index (Phi) is 5.27. The van der Waals surface area contributed by atoms with Crippen molar-refractivity contribution in [2.45, 2.75) is 38.9 Å². The van der Waals surface area contributed by atoms with E-state index in [4.69, 9.17) is 5.73 Å². The van der Waals surface area contributed by atoms with E-state index in [0.29, 0.717) is 18.5 Å². The minimum Gasteiger partial charge on any atom is -0.326 e. The standard InChI is InChI=1S/C21H26N2/c1-2-17(12-16-8-4-3-5-9-16)20-13-21(20)23-15-19-11-7-6-10-18(19)14-22/h3-12,20-21,23H,2,13-15,22H2,1H3/b17-12+. The zero-order valence-corrected chi connectivity index (χ0v) is 13.8. The van der Waals surface area contributed by atoms with Crippen LogP contribution in [0.2, 0.25) is 0 Å². The summed E-state index contributed by atoms with van der Waals surface area (Å²) >= 11 is 0. The zero-order chi connectivity index (χ0) is 16.1. The summed E-state index contributed by atoms with van der Waals surface area (Å²) in [4.78, 5) is 0. The third kappa shape index (κ3) is 4.10. The molecular weight excluding hydrogens is 280 g/mol. The van der Waals surface area contributed by atoms with Crippen LogP contribution in [-0.2, 0) is 13.1 Å². The van der Waals surface area contributed by atoms with Crippen molar-refractivity contribution in [1.82, 2.24) is 5.32 Å². The Bertz CT molecular complexity index is 661. The van der Waals surface area contributed by atoms with Gasteiger partial charge in [0, 0.05) is 19.1 Å². The second-order valence-corrected chi connectivity index (χ2v) is 6.29. The van der Waals surface area contributed by atoms with Gasteiger partial charge in [0.1, 0.15) is 0 Å². The first-order valence-electron chi connectivity index (χ1n) is 8.57. The van der Waals surface area contributed by atoms with Crippen molar-refractivity contribution in [1.29, 1.82) is 0 Å². The Morgan fingerprint density at radius 2 is 1.78 bits per heavy atom. The first-order valence-corrected chi connectivity index (χ1v) is 8.57. The molecule has 0 radical (unpaired) electrons. The number of nitrogens with two attached hydrogens (primary N) is 1. The second-order valence-electron chi connectivity index (χ2n) is 6.29. The molecule has 0 saturated heterocycles. The molecule has 1 saturated carbocycles. The highest BCUT2D eigenvalue weighted by atomic mass is 15.0. The fraction of sp³-hybridized carbons (Fsp3) is 0.333. The van der Waals surface area contributed by atoms with Gasteiger partial charge >= 0.3 is 0 Å². The van der Waals surface area contributed by atoms with Crippen molar-refractivity contribution in [2.24, 2.45) is 11.7 Å². The van der Waals surface area contributed by atoms with Crippen molar-refractivity contribution in [3.8, 4) is 0 Å². The topological polar surface area (TPSA) is 38.0 Å². The van der Waals surface area contributed by atoms with E-state index in [1.165, 1.54) is 23.1 Å².